The Hall–Kier alpha value is -2.89. The lowest BCUT2D eigenvalue weighted by atomic mass is 9.88. The van der Waals surface area contributed by atoms with Crippen LogP contribution in [0.1, 0.15) is 45.1 Å². The molecule has 2 saturated heterocycles. The van der Waals surface area contributed by atoms with Crippen molar-refractivity contribution in [3.63, 3.8) is 0 Å². The molecule has 6 heteroatoms. The second-order valence-corrected chi connectivity index (χ2v) is 8.12. The number of nitrogens with one attached hydrogen (secondary N) is 1. The number of hydrogen-bond donors (Lipinski definition) is 1. The van der Waals surface area contributed by atoms with Crippen molar-refractivity contribution in [2.75, 3.05) is 13.1 Å². The molecule has 29 heavy (non-hydrogen) atoms. The summed E-state index contributed by atoms with van der Waals surface area (Å²) < 4.78 is 0. The summed E-state index contributed by atoms with van der Waals surface area (Å²) in [5.74, 6) is -0.528. The van der Waals surface area contributed by atoms with Crippen molar-refractivity contribution in [3.05, 3.63) is 48.0 Å². The van der Waals surface area contributed by atoms with Gasteiger partial charge in [-0.1, -0.05) is 49.4 Å². The van der Waals surface area contributed by atoms with Crippen LogP contribution in [0.4, 0.5) is 4.79 Å². The summed E-state index contributed by atoms with van der Waals surface area (Å²) in [5, 5.41) is 4.76. The maximum absolute atomic E-state index is 13.3. The number of carbonyl (C=O) groups excluding carboxylic acids is 3. The van der Waals surface area contributed by atoms with E-state index in [0.717, 1.165) is 46.9 Å². The lowest BCUT2D eigenvalue weighted by molar-refractivity contribution is -0.141. The van der Waals surface area contributed by atoms with E-state index in [4.69, 9.17) is 0 Å². The predicted molar refractivity (Wildman–Crippen MR) is 111 cm³/mol. The maximum Gasteiger partial charge on any atom is 0.325 e. The highest BCUT2D eigenvalue weighted by molar-refractivity contribution is 6.10. The van der Waals surface area contributed by atoms with Gasteiger partial charge in [0.2, 0.25) is 5.91 Å². The fraction of sp³-hybridized carbons (Fsp3) is 0.435. The van der Waals surface area contributed by atoms with Crippen molar-refractivity contribution >= 4 is 28.6 Å². The molecule has 0 aromatic heterocycles. The standard InChI is InChI=1S/C23H27N3O3/c1-3-17-11-6-7-14-25(17)20(27)15-26-21(28)23(2,24-22(26)29)19-13-8-10-16-9-4-5-12-18(16)19/h4-5,8-10,12-13,17H,3,6-7,11,14-15H2,1-2H3,(H,24,29)/t17-,23+/m0/s1. The van der Waals surface area contributed by atoms with Gasteiger partial charge in [-0.25, -0.2) is 4.79 Å². The SMILES string of the molecule is CC[C@H]1CCCCN1C(=O)CN1C(=O)N[C@](C)(c2cccc3ccccc23)C1=O. The molecular weight excluding hydrogens is 366 g/mol. The molecule has 6 nitrogen and oxygen atoms in total. The number of benzene rings is 2. The van der Waals surface area contributed by atoms with Gasteiger partial charge < -0.3 is 10.2 Å². The maximum atomic E-state index is 13.3. The Kier molecular flexibility index (Phi) is 5.03. The molecule has 2 atom stereocenters. The van der Waals surface area contributed by atoms with Crippen LogP contribution in [0.5, 0.6) is 0 Å². The predicted octanol–water partition coefficient (Wildman–Crippen LogP) is 3.40. The Morgan fingerprint density at radius 1 is 1.14 bits per heavy atom. The van der Waals surface area contributed by atoms with E-state index >= 15 is 0 Å². The molecule has 2 aromatic rings. The van der Waals surface area contributed by atoms with Gasteiger partial charge in [0.15, 0.2) is 0 Å². The molecule has 2 aliphatic rings. The molecule has 4 rings (SSSR count). The van der Waals surface area contributed by atoms with Crippen molar-refractivity contribution in [3.8, 4) is 0 Å². The van der Waals surface area contributed by atoms with E-state index in [-0.39, 0.29) is 24.4 Å². The second kappa shape index (κ2) is 7.50. The van der Waals surface area contributed by atoms with Crippen LogP contribution >= 0.6 is 0 Å². The molecule has 0 saturated carbocycles. The minimum atomic E-state index is -1.19. The van der Waals surface area contributed by atoms with Crippen LogP contribution in [0.3, 0.4) is 0 Å². The summed E-state index contributed by atoms with van der Waals surface area (Å²) in [6, 6.07) is 13.2. The van der Waals surface area contributed by atoms with Gasteiger partial charge in [0.05, 0.1) is 0 Å². The number of hydrogen-bond acceptors (Lipinski definition) is 3. The Balaban J connectivity index is 1.61. The summed E-state index contributed by atoms with van der Waals surface area (Å²) in [6.45, 7) is 4.28. The Morgan fingerprint density at radius 3 is 2.69 bits per heavy atom. The molecule has 2 aliphatic heterocycles. The molecule has 0 bridgehead atoms. The van der Waals surface area contributed by atoms with Crippen LogP contribution in [-0.2, 0) is 15.1 Å². The first kappa shape index (κ1) is 19.4. The highest BCUT2D eigenvalue weighted by atomic mass is 16.2. The molecule has 0 radical (unpaired) electrons. The highest BCUT2D eigenvalue weighted by Crippen LogP contribution is 2.34. The molecule has 4 amide bonds. The average Bonchev–Trinajstić information content (AvgIpc) is 2.97. The van der Waals surface area contributed by atoms with Gasteiger partial charge in [-0.05, 0) is 48.9 Å². The summed E-state index contributed by atoms with van der Waals surface area (Å²) in [4.78, 5) is 41.9. The van der Waals surface area contributed by atoms with E-state index in [1.165, 1.54) is 0 Å². The number of fused-ring (bicyclic) bond motifs is 1. The Labute approximate surface area is 170 Å². The Bertz CT molecular complexity index is 967. The summed E-state index contributed by atoms with van der Waals surface area (Å²) in [7, 11) is 0. The molecule has 1 N–H and O–H groups in total. The van der Waals surface area contributed by atoms with Crippen molar-refractivity contribution in [2.24, 2.45) is 0 Å². The third kappa shape index (κ3) is 3.26. The van der Waals surface area contributed by atoms with Crippen LogP contribution in [0, 0.1) is 0 Å². The Morgan fingerprint density at radius 2 is 1.90 bits per heavy atom. The van der Waals surface area contributed by atoms with Crippen molar-refractivity contribution in [1.29, 1.82) is 0 Å². The minimum Gasteiger partial charge on any atom is -0.338 e. The minimum absolute atomic E-state index is 0.151. The van der Waals surface area contributed by atoms with E-state index in [0.29, 0.717) is 6.54 Å². The first-order chi connectivity index (χ1) is 14.0. The number of imide groups is 1. The fourth-order valence-electron chi connectivity index (χ4n) is 4.66. The van der Waals surface area contributed by atoms with E-state index in [1.807, 2.05) is 47.4 Å². The number of carbonyl (C=O) groups is 3. The van der Waals surface area contributed by atoms with E-state index in [2.05, 4.69) is 12.2 Å². The van der Waals surface area contributed by atoms with Gasteiger partial charge in [0, 0.05) is 12.6 Å². The first-order valence-corrected chi connectivity index (χ1v) is 10.4. The third-order valence-corrected chi connectivity index (χ3v) is 6.32. The molecule has 0 aliphatic carbocycles. The van der Waals surface area contributed by atoms with Crippen LogP contribution < -0.4 is 5.32 Å². The smallest absolute Gasteiger partial charge is 0.325 e. The zero-order valence-electron chi connectivity index (χ0n) is 17.0. The highest BCUT2D eigenvalue weighted by Gasteiger charge is 2.50. The van der Waals surface area contributed by atoms with Gasteiger partial charge in [-0.3, -0.25) is 14.5 Å². The number of piperidine rings is 1. The number of nitrogens with zero attached hydrogens (tertiary/aromatic N) is 2. The number of likely N-dealkylation sites (tertiary alicyclic amines) is 1. The van der Waals surface area contributed by atoms with Crippen LogP contribution in [-0.4, -0.2) is 46.8 Å². The summed E-state index contributed by atoms with van der Waals surface area (Å²) in [6.07, 6.45) is 3.95. The van der Waals surface area contributed by atoms with Gasteiger partial charge in [-0.2, -0.15) is 0 Å². The quantitative estimate of drug-likeness (QED) is 0.810. The fourth-order valence-corrected chi connectivity index (χ4v) is 4.66. The topological polar surface area (TPSA) is 69.7 Å². The molecular formula is C23H27N3O3. The van der Waals surface area contributed by atoms with Gasteiger partial charge >= 0.3 is 6.03 Å². The number of urea groups is 1. The van der Waals surface area contributed by atoms with E-state index < -0.39 is 11.6 Å². The monoisotopic (exact) mass is 393 g/mol. The number of amides is 4. The molecule has 152 valence electrons. The zero-order valence-corrected chi connectivity index (χ0v) is 17.0. The molecule has 2 heterocycles. The first-order valence-electron chi connectivity index (χ1n) is 10.4. The zero-order chi connectivity index (χ0) is 20.6. The number of rotatable bonds is 4. The summed E-state index contributed by atoms with van der Waals surface area (Å²) >= 11 is 0. The second-order valence-electron chi connectivity index (χ2n) is 8.12. The van der Waals surface area contributed by atoms with Gasteiger partial charge in [0.25, 0.3) is 5.91 Å². The van der Waals surface area contributed by atoms with Crippen LogP contribution in [0.25, 0.3) is 10.8 Å². The lowest BCUT2D eigenvalue weighted by Gasteiger charge is -2.36. The van der Waals surface area contributed by atoms with Gasteiger partial charge in [-0.15, -0.1) is 0 Å². The van der Waals surface area contributed by atoms with E-state index in [1.54, 1.807) is 6.92 Å². The molecule has 2 aromatic carbocycles. The molecule has 2 fully saturated rings. The molecule has 0 spiro atoms. The van der Waals surface area contributed by atoms with Crippen molar-refractivity contribution in [2.45, 2.75) is 51.1 Å². The van der Waals surface area contributed by atoms with Crippen molar-refractivity contribution in [1.82, 2.24) is 15.1 Å². The van der Waals surface area contributed by atoms with Crippen LogP contribution in [0.2, 0.25) is 0 Å². The largest absolute Gasteiger partial charge is 0.338 e. The van der Waals surface area contributed by atoms with Crippen molar-refractivity contribution < 1.29 is 14.4 Å². The normalized spacial score (nSPS) is 24.8. The average molecular weight is 393 g/mol. The van der Waals surface area contributed by atoms with Gasteiger partial charge in [0.1, 0.15) is 12.1 Å². The third-order valence-electron chi connectivity index (χ3n) is 6.32. The lowest BCUT2D eigenvalue weighted by Crippen LogP contribution is -2.49. The van der Waals surface area contributed by atoms with E-state index in [9.17, 15) is 14.4 Å². The molecule has 0 unspecified atom stereocenters. The summed E-state index contributed by atoms with van der Waals surface area (Å²) in [5.41, 5.74) is -0.446. The van der Waals surface area contributed by atoms with Crippen LogP contribution in [0.15, 0.2) is 42.5 Å².